The number of nitrogens with zero attached hydrogens (tertiary/aromatic N) is 2. The number of aliphatic carboxylic acids is 1. The molecule has 0 bridgehead atoms. The number of likely N-dealkylation sites (tertiary alicyclic amines) is 1. The van der Waals surface area contributed by atoms with Gasteiger partial charge in [-0.2, -0.15) is 0 Å². The van der Waals surface area contributed by atoms with E-state index in [1.165, 1.54) is 5.56 Å². The van der Waals surface area contributed by atoms with Crippen LogP contribution in [-0.4, -0.2) is 48.1 Å². The van der Waals surface area contributed by atoms with Crippen molar-refractivity contribution < 1.29 is 14.7 Å². The molecule has 0 saturated carbocycles. The lowest BCUT2D eigenvalue weighted by Crippen LogP contribution is -2.52. The summed E-state index contributed by atoms with van der Waals surface area (Å²) in [5.74, 6) is -0.434. The molecule has 0 spiro atoms. The van der Waals surface area contributed by atoms with E-state index in [2.05, 4.69) is 6.07 Å². The van der Waals surface area contributed by atoms with Crippen LogP contribution in [0.4, 0.5) is 5.69 Å². The van der Waals surface area contributed by atoms with Gasteiger partial charge in [0.1, 0.15) is 0 Å². The summed E-state index contributed by atoms with van der Waals surface area (Å²) in [6.07, 6.45) is 2.24. The number of para-hydroxylation sites is 1. The first-order chi connectivity index (χ1) is 10.1. The maximum Gasteiger partial charge on any atom is 0.303 e. The van der Waals surface area contributed by atoms with E-state index in [9.17, 15) is 9.59 Å². The Morgan fingerprint density at radius 1 is 1.24 bits per heavy atom. The molecule has 112 valence electrons. The minimum absolute atomic E-state index is 0.121. The summed E-state index contributed by atoms with van der Waals surface area (Å²) in [6, 6.07) is 8.08. The first-order valence-corrected chi connectivity index (χ1v) is 7.46. The lowest BCUT2D eigenvalue weighted by atomic mass is 9.96. The van der Waals surface area contributed by atoms with Crippen LogP contribution >= 0.6 is 0 Å². The van der Waals surface area contributed by atoms with Crippen molar-refractivity contribution in [3.05, 3.63) is 29.8 Å². The van der Waals surface area contributed by atoms with Crippen molar-refractivity contribution >= 4 is 17.6 Å². The number of amides is 1. The van der Waals surface area contributed by atoms with Crippen molar-refractivity contribution in [3.63, 3.8) is 0 Å². The average molecular weight is 288 g/mol. The maximum absolute atomic E-state index is 12.5. The fourth-order valence-corrected chi connectivity index (χ4v) is 3.25. The van der Waals surface area contributed by atoms with Gasteiger partial charge in [0.05, 0.1) is 13.0 Å². The number of aryl methyl sites for hydroxylation is 1. The fourth-order valence-electron chi connectivity index (χ4n) is 3.25. The minimum Gasteiger partial charge on any atom is -0.481 e. The van der Waals surface area contributed by atoms with Gasteiger partial charge in [0.2, 0.25) is 5.91 Å². The predicted molar refractivity (Wildman–Crippen MR) is 79.3 cm³/mol. The monoisotopic (exact) mass is 288 g/mol. The largest absolute Gasteiger partial charge is 0.481 e. The van der Waals surface area contributed by atoms with E-state index in [1.807, 2.05) is 28.0 Å². The molecule has 0 radical (unpaired) electrons. The Labute approximate surface area is 124 Å². The van der Waals surface area contributed by atoms with Crippen LogP contribution in [0.15, 0.2) is 24.3 Å². The first kappa shape index (κ1) is 14.1. The van der Waals surface area contributed by atoms with Gasteiger partial charge in [-0.25, -0.2) is 0 Å². The van der Waals surface area contributed by atoms with E-state index in [0.717, 1.165) is 25.1 Å². The Morgan fingerprint density at radius 3 is 2.76 bits per heavy atom. The number of hydrogen-bond acceptors (Lipinski definition) is 3. The first-order valence-electron chi connectivity index (χ1n) is 7.46. The molecule has 5 nitrogen and oxygen atoms in total. The normalized spacial score (nSPS) is 19.0. The van der Waals surface area contributed by atoms with Gasteiger partial charge in [0.15, 0.2) is 0 Å². The highest BCUT2D eigenvalue weighted by atomic mass is 16.4. The van der Waals surface area contributed by atoms with Crippen molar-refractivity contribution in [2.24, 2.45) is 5.92 Å². The molecule has 2 aliphatic heterocycles. The third kappa shape index (κ3) is 3.08. The van der Waals surface area contributed by atoms with Crippen LogP contribution in [0.1, 0.15) is 18.4 Å². The SMILES string of the molecule is O=C(O)CC1CN(CC(=O)N2CCCc3ccccc32)C1. The summed E-state index contributed by atoms with van der Waals surface area (Å²) in [5.41, 5.74) is 2.28. The highest BCUT2D eigenvalue weighted by Crippen LogP contribution is 2.27. The zero-order chi connectivity index (χ0) is 14.8. The zero-order valence-corrected chi connectivity index (χ0v) is 12.0. The van der Waals surface area contributed by atoms with Crippen LogP contribution in [0.2, 0.25) is 0 Å². The Balaban J connectivity index is 1.57. The van der Waals surface area contributed by atoms with E-state index in [4.69, 9.17) is 5.11 Å². The summed E-state index contributed by atoms with van der Waals surface area (Å²) in [4.78, 5) is 27.0. The van der Waals surface area contributed by atoms with Gasteiger partial charge >= 0.3 is 5.97 Å². The standard InChI is InChI=1S/C16H20N2O3/c19-15(11-17-9-12(10-17)8-16(20)21)18-7-3-5-13-4-1-2-6-14(13)18/h1-2,4,6,12H,3,5,7-11H2,(H,20,21). The van der Waals surface area contributed by atoms with Crippen LogP contribution in [-0.2, 0) is 16.0 Å². The van der Waals surface area contributed by atoms with Crippen molar-refractivity contribution in [1.29, 1.82) is 0 Å². The molecular formula is C16H20N2O3. The smallest absolute Gasteiger partial charge is 0.303 e. The van der Waals surface area contributed by atoms with Crippen LogP contribution in [0.5, 0.6) is 0 Å². The third-order valence-corrected chi connectivity index (χ3v) is 4.27. The molecule has 0 atom stereocenters. The van der Waals surface area contributed by atoms with Crippen molar-refractivity contribution in [2.45, 2.75) is 19.3 Å². The van der Waals surface area contributed by atoms with E-state index < -0.39 is 5.97 Å². The molecule has 1 saturated heterocycles. The predicted octanol–water partition coefficient (Wildman–Crippen LogP) is 1.37. The van der Waals surface area contributed by atoms with Gasteiger partial charge < -0.3 is 10.0 Å². The highest BCUT2D eigenvalue weighted by Gasteiger charge is 2.31. The van der Waals surface area contributed by atoms with Gasteiger partial charge in [0, 0.05) is 25.3 Å². The quantitative estimate of drug-likeness (QED) is 0.909. The molecule has 0 aromatic heterocycles. The molecule has 1 N–H and O–H groups in total. The second-order valence-corrected chi connectivity index (χ2v) is 5.94. The topological polar surface area (TPSA) is 60.9 Å². The second kappa shape index (κ2) is 5.85. The average Bonchev–Trinajstić information content (AvgIpc) is 2.43. The highest BCUT2D eigenvalue weighted by molar-refractivity contribution is 5.96. The van der Waals surface area contributed by atoms with E-state index >= 15 is 0 Å². The summed E-state index contributed by atoms with van der Waals surface area (Å²) in [7, 11) is 0. The molecule has 1 aromatic rings. The van der Waals surface area contributed by atoms with Gasteiger partial charge in [-0.3, -0.25) is 14.5 Å². The Kier molecular flexibility index (Phi) is 3.92. The molecule has 1 fully saturated rings. The molecule has 2 aliphatic rings. The van der Waals surface area contributed by atoms with Gasteiger partial charge in [-0.1, -0.05) is 18.2 Å². The molecule has 0 unspecified atom stereocenters. The van der Waals surface area contributed by atoms with Crippen molar-refractivity contribution in [2.75, 3.05) is 31.1 Å². The lowest BCUT2D eigenvalue weighted by Gasteiger charge is -2.39. The Bertz CT molecular complexity index is 552. The second-order valence-electron chi connectivity index (χ2n) is 5.94. The van der Waals surface area contributed by atoms with E-state index in [-0.39, 0.29) is 18.2 Å². The van der Waals surface area contributed by atoms with Gasteiger partial charge in [-0.15, -0.1) is 0 Å². The molecule has 21 heavy (non-hydrogen) atoms. The number of hydrogen-bond donors (Lipinski definition) is 1. The van der Waals surface area contributed by atoms with Gasteiger partial charge in [-0.05, 0) is 30.4 Å². The zero-order valence-electron chi connectivity index (χ0n) is 12.0. The Hall–Kier alpha value is -1.88. The lowest BCUT2D eigenvalue weighted by molar-refractivity contribution is -0.139. The van der Waals surface area contributed by atoms with E-state index in [0.29, 0.717) is 19.6 Å². The van der Waals surface area contributed by atoms with Crippen LogP contribution in [0.25, 0.3) is 0 Å². The number of anilines is 1. The number of carboxylic acid groups (broad SMARTS) is 1. The molecular weight excluding hydrogens is 268 g/mol. The molecule has 3 rings (SSSR count). The molecule has 5 heteroatoms. The maximum atomic E-state index is 12.5. The van der Waals surface area contributed by atoms with Gasteiger partial charge in [0.25, 0.3) is 0 Å². The molecule has 1 aromatic carbocycles. The fraction of sp³-hybridized carbons (Fsp3) is 0.500. The summed E-state index contributed by atoms with van der Waals surface area (Å²) in [6.45, 7) is 2.60. The molecule has 2 heterocycles. The number of benzene rings is 1. The number of carbonyl (C=O) groups is 2. The van der Waals surface area contributed by atoms with Crippen LogP contribution in [0.3, 0.4) is 0 Å². The minimum atomic E-state index is -0.754. The van der Waals surface area contributed by atoms with Crippen molar-refractivity contribution in [3.8, 4) is 0 Å². The number of carboxylic acids is 1. The van der Waals surface area contributed by atoms with E-state index in [1.54, 1.807) is 0 Å². The summed E-state index contributed by atoms with van der Waals surface area (Å²) < 4.78 is 0. The van der Waals surface area contributed by atoms with Crippen molar-refractivity contribution in [1.82, 2.24) is 4.90 Å². The van der Waals surface area contributed by atoms with Crippen LogP contribution < -0.4 is 4.90 Å². The molecule has 0 aliphatic carbocycles. The summed E-state index contributed by atoms with van der Waals surface area (Å²) in [5, 5.41) is 8.74. The molecule has 1 amide bonds. The van der Waals surface area contributed by atoms with Crippen LogP contribution in [0, 0.1) is 5.92 Å². The summed E-state index contributed by atoms with van der Waals surface area (Å²) >= 11 is 0. The number of fused-ring (bicyclic) bond motifs is 1. The Morgan fingerprint density at radius 2 is 2.00 bits per heavy atom. The number of carbonyl (C=O) groups excluding carboxylic acids is 1. The third-order valence-electron chi connectivity index (χ3n) is 4.27. The number of rotatable bonds is 4.